The third-order valence-electron chi connectivity index (χ3n) is 3.40. The minimum atomic E-state index is -1.06. The van der Waals surface area contributed by atoms with E-state index in [1.807, 2.05) is 13.8 Å². The molecule has 0 spiro atoms. The molecule has 1 amide bonds. The average Bonchev–Trinajstić information content (AvgIpc) is 2.88. The molecule has 128 valence electrons. The number of carbonyl (C=O) groups is 2. The molecular formula is C17H19FN2O3S. The summed E-state index contributed by atoms with van der Waals surface area (Å²) in [4.78, 5) is 28.4. The van der Waals surface area contributed by atoms with Crippen molar-refractivity contribution < 1.29 is 19.1 Å². The van der Waals surface area contributed by atoms with Crippen molar-refractivity contribution in [3.63, 3.8) is 0 Å². The lowest BCUT2D eigenvalue weighted by atomic mass is 10.0. The summed E-state index contributed by atoms with van der Waals surface area (Å²) in [6.07, 6.45) is 0.351. The summed E-state index contributed by atoms with van der Waals surface area (Å²) in [5.41, 5.74) is 1.23. The van der Waals surface area contributed by atoms with Gasteiger partial charge in [0.2, 0.25) is 0 Å². The maximum atomic E-state index is 13.0. The van der Waals surface area contributed by atoms with Crippen LogP contribution in [0.1, 0.15) is 35.6 Å². The molecule has 0 fully saturated rings. The molecule has 0 aliphatic carbocycles. The van der Waals surface area contributed by atoms with E-state index in [2.05, 4.69) is 10.3 Å². The number of hydrogen-bond donors (Lipinski definition) is 2. The molecule has 0 aliphatic rings. The van der Waals surface area contributed by atoms with Gasteiger partial charge in [-0.25, -0.2) is 14.2 Å². The second-order valence-electron chi connectivity index (χ2n) is 5.93. The highest BCUT2D eigenvalue weighted by Gasteiger charge is 2.24. The van der Waals surface area contributed by atoms with Crippen LogP contribution in [0.5, 0.6) is 0 Å². The van der Waals surface area contributed by atoms with Crippen molar-refractivity contribution in [3.05, 3.63) is 40.7 Å². The fourth-order valence-corrected chi connectivity index (χ4v) is 3.21. The van der Waals surface area contributed by atoms with E-state index < -0.39 is 17.9 Å². The first-order valence-corrected chi connectivity index (χ1v) is 8.36. The Morgan fingerprint density at radius 3 is 2.46 bits per heavy atom. The molecule has 2 N–H and O–H groups in total. The molecular weight excluding hydrogens is 331 g/mol. The standard InChI is InChI=1S/C17H19FN2O3S/c1-9(2)8-13(17(22)23)20-15(21)14-10(3)19-16(24-14)11-4-6-12(18)7-5-11/h4-7,9,13H,8H2,1-3H3,(H,20,21)(H,22,23)/t13-/m1/s1. The maximum absolute atomic E-state index is 13.0. The summed E-state index contributed by atoms with van der Waals surface area (Å²) in [6, 6.07) is 4.90. The highest BCUT2D eigenvalue weighted by molar-refractivity contribution is 7.17. The zero-order chi connectivity index (χ0) is 17.9. The summed E-state index contributed by atoms with van der Waals surface area (Å²) >= 11 is 1.16. The van der Waals surface area contributed by atoms with Gasteiger partial charge in [-0.3, -0.25) is 4.79 Å². The van der Waals surface area contributed by atoms with Gasteiger partial charge in [0.15, 0.2) is 0 Å². The minimum absolute atomic E-state index is 0.142. The second kappa shape index (κ2) is 7.53. The van der Waals surface area contributed by atoms with Gasteiger partial charge in [0.1, 0.15) is 21.7 Å². The Labute approximate surface area is 143 Å². The van der Waals surface area contributed by atoms with Gasteiger partial charge in [-0.15, -0.1) is 11.3 Å². The number of aryl methyl sites for hydroxylation is 1. The third-order valence-corrected chi connectivity index (χ3v) is 4.61. The Balaban J connectivity index is 2.21. The number of nitrogens with zero attached hydrogens (tertiary/aromatic N) is 1. The van der Waals surface area contributed by atoms with Crippen LogP contribution >= 0.6 is 11.3 Å². The number of carbonyl (C=O) groups excluding carboxylic acids is 1. The monoisotopic (exact) mass is 350 g/mol. The first kappa shape index (κ1) is 18.1. The quantitative estimate of drug-likeness (QED) is 0.836. The summed E-state index contributed by atoms with van der Waals surface area (Å²) in [6.45, 7) is 5.48. The molecule has 5 nitrogen and oxygen atoms in total. The minimum Gasteiger partial charge on any atom is -0.480 e. The molecule has 2 aromatic rings. The lowest BCUT2D eigenvalue weighted by molar-refractivity contribution is -0.139. The van der Waals surface area contributed by atoms with Crippen LogP contribution in [0.2, 0.25) is 0 Å². The molecule has 1 heterocycles. The van der Waals surface area contributed by atoms with E-state index in [0.717, 1.165) is 11.3 Å². The Morgan fingerprint density at radius 1 is 1.29 bits per heavy atom. The number of amides is 1. The van der Waals surface area contributed by atoms with E-state index >= 15 is 0 Å². The molecule has 0 radical (unpaired) electrons. The number of thiazole rings is 1. The van der Waals surface area contributed by atoms with Crippen LogP contribution in [0, 0.1) is 18.7 Å². The number of benzene rings is 1. The normalized spacial score (nSPS) is 12.2. The number of aromatic nitrogens is 1. The van der Waals surface area contributed by atoms with E-state index in [-0.39, 0.29) is 11.7 Å². The predicted molar refractivity (Wildman–Crippen MR) is 90.6 cm³/mol. The molecule has 0 aliphatic heterocycles. The van der Waals surface area contributed by atoms with Crippen LogP contribution in [-0.4, -0.2) is 28.0 Å². The van der Waals surface area contributed by atoms with Gasteiger partial charge in [-0.2, -0.15) is 0 Å². The predicted octanol–water partition coefficient (Wildman–Crippen LogP) is 3.49. The number of aliphatic carboxylic acids is 1. The molecule has 0 saturated heterocycles. The van der Waals surface area contributed by atoms with E-state index in [0.29, 0.717) is 27.6 Å². The molecule has 0 saturated carbocycles. The Kier molecular flexibility index (Phi) is 5.66. The Hall–Kier alpha value is -2.28. The van der Waals surface area contributed by atoms with Gasteiger partial charge in [-0.1, -0.05) is 13.8 Å². The number of rotatable bonds is 6. The van der Waals surface area contributed by atoms with Gasteiger partial charge >= 0.3 is 5.97 Å². The van der Waals surface area contributed by atoms with E-state index in [1.54, 1.807) is 19.1 Å². The largest absolute Gasteiger partial charge is 0.480 e. The number of carboxylic acid groups (broad SMARTS) is 1. The molecule has 0 unspecified atom stereocenters. The second-order valence-corrected chi connectivity index (χ2v) is 6.93. The van der Waals surface area contributed by atoms with E-state index in [9.17, 15) is 19.1 Å². The maximum Gasteiger partial charge on any atom is 0.326 e. The van der Waals surface area contributed by atoms with Crippen LogP contribution in [-0.2, 0) is 4.79 Å². The van der Waals surface area contributed by atoms with Crippen molar-refractivity contribution >= 4 is 23.2 Å². The molecule has 24 heavy (non-hydrogen) atoms. The van der Waals surface area contributed by atoms with Crippen LogP contribution < -0.4 is 5.32 Å². The van der Waals surface area contributed by atoms with Crippen molar-refractivity contribution in [1.29, 1.82) is 0 Å². The lowest BCUT2D eigenvalue weighted by Crippen LogP contribution is -2.41. The number of carboxylic acids is 1. The van der Waals surface area contributed by atoms with Crippen LogP contribution in [0.4, 0.5) is 4.39 Å². The number of hydrogen-bond acceptors (Lipinski definition) is 4. The molecule has 1 aromatic heterocycles. The van der Waals surface area contributed by atoms with Crippen LogP contribution in [0.25, 0.3) is 10.6 Å². The average molecular weight is 350 g/mol. The zero-order valence-corrected chi connectivity index (χ0v) is 14.5. The Bertz CT molecular complexity index is 741. The van der Waals surface area contributed by atoms with Crippen molar-refractivity contribution in [3.8, 4) is 10.6 Å². The highest BCUT2D eigenvalue weighted by Crippen LogP contribution is 2.28. The van der Waals surface area contributed by atoms with Gasteiger partial charge in [0.25, 0.3) is 5.91 Å². The van der Waals surface area contributed by atoms with E-state index in [4.69, 9.17) is 0 Å². The first-order chi connectivity index (χ1) is 11.3. The molecule has 7 heteroatoms. The Morgan fingerprint density at radius 2 is 1.92 bits per heavy atom. The summed E-state index contributed by atoms with van der Waals surface area (Å²) in [5.74, 6) is -1.71. The molecule has 1 aromatic carbocycles. The molecule has 1 atom stereocenters. The molecule has 0 bridgehead atoms. The van der Waals surface area contributed by atoms with Crippen molar-refractivity contribution in [2.24, 2.45) is 5.92 Å². The topological polar surface area (TPSA) is 79.3 Å². The SMILES string of the molecule is Cc1nc(-c2ccc(F)cc2)sc1C(=O)N[C@H](CC(C)C)C(=O)O. The third kappa shape index (κ3) is 4.38. The fourth-order valence-electron chi connectivity index (χ4n) is 2.24. The number of halogens is 1. The first-order valence-electron chi connectivity index (χ1n) is 7.55. The summed E-state index contributed by atoms with van der Waals surface area (Å²) in [7, 11) is 0. The van der Waals surface area contributed by atoms with Gasteiger partial charge in [-0.05, 0) is 43.5 Å². The van der Waals surface area contributed by atoms with Crippen LogP contribution in [0.3, 0.4) is 0 Å². The van der Waals surface area contributed by atoms with Crippen molar-refractivity contribution in [2.45, 2.75) is 33.2 Å². The van der Waals surface area contributed by atoms with Crippen molar-refractivity contribution in [1.82, 2.24) is 10.3 Å². The van der Waals surface area contributed by atoms with Gasteiger partial charge < -0.3 is 10.4 Å². The highest BCUT2D eigenvalue weighted by atomic mass is 32.1. The van der Waals surface area contributed by atoms with Crippen molar-refractivity contribution in [2.75, 3.05) is 0 Å². The smallest absolute Gasteiger partial charge is 0.326 e. The zero-order valence-electron chi connectivity index (χ0n) is 13.7. The number of nitrogens with one attached hydrogen (secondary N) is 1. The van der Waals surface area contributed by atoms with Gasteiger partial charge in [0, 0.05) is 5.56 Å². The fraction of sp³-hybridized carbons (Fsp3) is 0.353. The summed E-state index contributed by atoms with van der Waals surface area (Å²) < 4.78 is 13.0. The van der Waals surface area contributed by atoms with Gasteiger partial charge in [0.05, 0.1) is 5.69 Å². The van der Waals surface area contributed by atoms with E-state index in [1.165, 1.54) is 12.1 Å². The summed E-state index contributed by atoms with van der Waals surface area (Å²) in [5, 5.41) is 12.4. The van der Waals surface area contributed by atoms with Crippen LogP contribution in [0.15, 0.2) is 24.3 Å². The lowest BCUT2D eigenvalue weighted by Gasteiger charge is -2.15. The molecule has 2 rings (SSSR count).